The first-order valence-corrected chi connectivity index (χ1v) is 19.6. The van der Waals surface area contributed by atoms with E-state index >= 15 is 0 Å². The van der Waals surface area contributed by atoms with Gasteiger partial charge in [-0.2, -0.15) is 18.2 Å². The van der Waals surface area contributed by atoms with Crippen molar-refractivity contribution in [3.05, 3.63) is 212 Å². The van der Waals surface area contributed by atoms with Gasteiger partial charge in [0.1, 0.15) is 5.82 Å². The molecule has 59 heavy (non-hydrogen) atoms. The number of fused-ring (bicyclic) bond motifs is 3. The summed E-state index contributed by atoms with van der Waals surface area (Å²) in [5.41, 5.74) is 11.9. The van der Waals surface area contributed by atoms with E-state index in [9.17, 15) is 0 Å². The summed E-state index contributed by atoms with van der Waals surface area (Å²) in [5, 5.41) is 2.21. The molecule has 0 aliphatic rings. The number of rotatable bonds is 9. The third-order valence-corrected chi connectivity index (χ3v) is 10.7. The van der Waals surface area contributed by atoms with Gasteiger partial charge in [0, 0.05) is 56.7 Å². The Morgan fingerprint density at radius 1 is 0.593 bits per heavy atom. The second-order valence-electron chi connectivity index (χ2n) is 14.7. The fourth-order valence-electron chi connectivity index (χ4n) is 7.78. The molecule has 0 N–H and O–H groups in total. The van der Waals surface area contributed by atoms with Crippen molar-refractivity contribution < 1.29 is 30.4 Å². The summed E-state index contributed by atoms with van der Waals surface area (Å²) in [4.78, 5) is 4.86. The second kappa shape index (κ2) is 16.2. The van der Waals surface area contributed by atoms with Crippen LogP contribution in [0.3, 0.4) is 0 Å². The number of ether oxygens (including phenoxy) is 1. The molecule has 288 valence electrons. The van der Waals surface area contributed by atoms with Crippen LogP contribution in [0.15, 0.2) is 188 Å². The molecular weight excluding hydrogens is 904 g/mol. The van der Waals surface area contributed by atoms with Gasteiger partial charge in [0.05, 0.1) is 5.69 Å². The SMILES string of the molecule is CC(C)c1ccnc(-n2c3[c-]c(Oc4[c-]c(-n5[c-][n+](-c6c(-c7ccccc7)cccc6-c6ccccc6)cc5)ccc4)ccc3c3cc(-c4ccccc4)ccc32)c1.[Pt]. The average Bonchev–Trinajstić information content (AvgIpc) is 3.90. The molecule has 0 bridgehead atoms. The van der Waals surface area contributed by atoms with Crippen molar-refractivity contribution >= 4 is 21.8 Å². The molecule has 0 aliphatic heterocycles. The van der Waals surface area contributed by atoms with Crippen molar-refractivity contribution in [3.63, 3.8) is 0 Å². The van der Waals surface area contributed by atoms with Gasteiger partial charge in [-0.25, -0.2) is 4.98 Å². The molecule has 0 saturated heterocycles. The largest absolute Gasteiger partial charge is 0.510 e. The number of para-hydroxylation sites is 1. The predicted molar refractivity (Wildman–Crippen MR) is 233 cm³/mol. The maximum absolute atomic E-state index is 6.56. The average molecular weight is 942 g/mol. The molecule has 5 nitrogen and oxygen atoms in total. The van der Waals surface area contributed by atoms with Crippen LogP contribution in [0.25, 0.3) is 72.4 Å². The minimum absolute atomic E-state index is 0. The molecular formula is C53H38N4OPt-2. The molecule has 3 aromatic heterocycles. The van der Waals surface area contributed by atoms with Gasteiger partial charge in [-0.3, -0.25) is 4.57 Å². The number of aromatic nitrogens is 4. The monoisotopic (exact) mass is 941 g/mol. The van der Waals surface area contributed by atoms with Crippen LogP contribution in [0.2, 0.25) is 0 Å². The second-order valence-corrected chi connectivity index (χ2v) is 14.7. The Balaban J connectivity index is 0.00000449. The van der Waals surface area contributed by atoms with Gasteiger partial charge in [0.15, 0.2) is 0 Å². The topological polar surface area (TPSA) is 35.9 Å². The van der Waals surface area contributed by atoms with Crippen LogP contribution in [0, 0.1) is 18.5 Å². The van der Waals surface area contributed by atoms with Crippen LogP contribution in [0.5, 0.6) is 11.5 Å². The summed E-state index contributed by atoms with van der Waals surface area (Å²) in [6.07, 6.45) is 9.52. The number of benzene rings is 7. The summed E-state index contributed by atoms with van der Waals surface area (Å²) in [6, 6.07) is 66.0. The van der Waals surface area contributed by atoms with Gasteiger partial charge >= 0.3 is 0 Å². The normalized spacial score (nSPS) is 11.2. The molecule has 7 aromatic carbocycles. The molecule has 10 rings (SSSR count). The summed E-state index contributed by atoms with van der Waals surface area (Å²) in [6.45, 7) is 4.41. The number of imidazole rings is 1. The van der Waals surface area contributed by atoms with Gasteiger partial charge in [-0.1, -0.05) is 141 Å². The summed E-state index contributed by atoms with van der Waals surface area (Å²) in [7, 11) is 0. The molecule has 0 fully saturated rings. The zero-order chi connectivity index (χ0) is 39.0. The third kappa shape index (κ3) is 7.31. The Kier molecular flexibility index (Phi) is 10.4. The molecule has 3 heterocycles. The Morgan fingerprint density at radius 3 is 1.95 bits per heavy atom. The van der Waals surface area contributed by atoms with Crippen molar-refractivity contribution in [2.45, 2.75) is 19.8 Å². The molecule has 0 saturated carbocycles. The molecule has 0 aliphatic carbocycles. The molecule has 0 unspecified atom stereocenters. The zero-order valence-electron chi connectivity index (χ0n) is 32.5. The quantitative estimate of drug-likeness (QED) is 0.107. The van der Waals surface area contributed by atoms with E-state index < -0.39 is 0 Å². The van der Waals surface area contributed by atoms with Crippen molar-refractivity contribution in [2.24, 2.45) is 0 Å². The molecule has 6 heteroatoms. The minimum atomic E-state index is 0. The van der Waals surface area contributed by atoms with E-state index in [1.54, 1.807) is 0 Å². The van der Waals surface area contributed by atoms with Crippen molar-refractivity contribution in [3.8, 4) is 62.1 Å². The molecule has 0 radical (unpaired) electrons. The first kappa shape index (κ1) is 37.7. The van der Waals surface area contributed by atoms with E-state index in [-0.39, 0.29) is 21.1 Å². The Morgan fingerprint density at radius 2 is 1.25 bits per heavy atom. The van der Waals surface area contributed by atoms with E-state index in [4.69, 9.17) is 9.72 Å². The summed E-state index contributed by atoms with van der Waals surface area (Å²) >= 11 is 0. The van der Waals surface area contributed by atoms with Crippen LogP contribution >= 0.6 is 0 Å². The van der Waals surface area contributed by atoms with Crippen molar-refractivity contribution in [1.29, 1.82) is 0 Å². The maximum atomic E-state index is 6.56. The van der Waals surface area contributed by atoms with Gasteiger partial charge in [0.25, 0.3) is 6.33 Å². The van der Waals surface area contributed by atoms with Crippen molar-refractivity contribution in [2.75, 3.05) is 0 Å². The summed E-state index contributed by atoms with van der Waals surface area (Å²) < 4.78 is 12.8. The number of hydrogen-bond donors (Lipinski definition) is 0. The summed E-state index contributed by atoms with van der Waals surface area (Å²) in [5.74, 6) is 2.37. The van der Waals surface area contributed by atoms with Gasteiger partial charge in [-0.15, -0.1) is 29.7 Å². The fourth-order valence-corrected chi connectivity index (χ4v) is 7.78. The standard InChI is InChI=1S/C53H38N4O.Pt/c1-37(2)41-28-29-54-52(33-41)57-50-27-24-42(38-14-6-3-7-15-38)32-49(50)48-26-25-45(35-51(48)57)58-44-21-12-20-43(34-44)55-30-31-56(36-55)53-46(39-16-8-4-9-17-39)22-13-23-47(53)40-18-10-5-11-19-40;/h3-33,37H,1-2H3;/q-2;. The van der Waals surface area contributed by atoms with Crippen LogP contribution < -0.4 is 9.30 Å². The first-order chi connectivity index (χ1) is 28.6. The Labute approximate surface area is 358 Å². The van der Waals surface area contributed by atoms with Crippen LogP contribution in [-0.4, -0.2) is 14.1 Å². The van der Waals surface area contributed by atoms with Gasteiger partial charge in [0.2, 0.25) is 0 Å². The molecule has 0 amide bonds. The van der Waals surface area contributed by atoms with E-state index in [1.807, 2.05) is 65.6 Å². The fraction of sp³-hybridized carbons (Fsp3) is 0.0566. The third-order valence-electron chi connectivity index (χ3n) is 10.7. The Hall–Kier alpha value is -6.81. The smallest absolute Gasteiger partial charge is 0.267 e. The molecule has 0 atom stereocenters. The van der Waals surface area contributed by atoms with Crippen LogP contribution in [0.4, 0.5) is 0 Å². The first-order valence-electron chi connectivity index (χ1n) is 19.6. The van der Waals surface area contributed by atoms with Crippen LogP contribution in [0.1, 0.15) is 25.3 Å². The van der Waals surface area contributed by atoms with Gasteiger partial charge in [-0.05, 0) is 74.1 Å². The Bertz CT molecular complexity index is 3000. The van der Waals surface area contributed by atoms with Gasteiger partial charge < -0.3 is 13.9 Å². The van der Waals surface area contributed by atoms with Crippen LogP contribution in [-0.2, 0) is 21.1 Å². The predicted octanol–water partition coefficient (Wildman–Crippen LogP) is 12.6. The number of nitrogens with zero attached hydrogens (tertiary/aromatic N) is 4. The minimum Gasteiger partial charge on any atom is -0.510 e. The number of pyridine rings is 1. The van der Waals surface area contributed by atoms with E-state index in [2.05, 4.69) is 169 Å². The van der Waals surface area contributed by atoms with Crippen molar-refractivity contribution in [1.82, 2.24) is 14.1 Å². The zero-order valence-corrected chi connectivity index (χ0v) is 34.8. The molecule has 0 spiro atoms. The van der Waals surface area contributed by atoms with E-state index in [0.29, 0.717) is 17.4 Å². The molecule has 10 aromatic rings. The van der Waals surface area contributed by atoms with E-state index in [1.165, 1.54) is 11.1 Å². The van der Waals surface area contributed by atoms with E-state index in [0.717, 1.165) is 66.8 Å². The maximum Gasteiger partial charge on any atom is 0.267 e. The number of hydrogen-bond acceptors (Lipinski definition) is 2.